The lowest BCUT2D eigenvalue weighted by Gasteiger charge is -2.37. The second kappa shape index (κ2) is 6.33. The first kappa shape index (κ1) is 15.3. The van der Waals surface area contributed by atoms with E-state index in [4.69, 9.17) is 0 Å². The number of nitrogens with zero attached hydrogens (tertiary/aromatic N) is 2. The number of piperidine rings is 1. The molecule has 128 valence electrons. The van der Waals surface area contributed by atoms with Crippen LogP contribution in [0.15, 0.2) is 0 Å². The zero-order chi connectivity index (χ0) is 15.8. The molecule has 0 aromatic carbocycles. The molecule has 4 atom stereocenters. The fourth-order valence-corrected chi connectivity index (χ4v) is 5.41. The lowest BCUT2D eigenvalue weighted by atomic mass is 9.89. The molecule has 0 aromatic rings. The third-order valence-electron chi connectivity index (χ3n) is 6.63. The van der Waals surface area contributed by atoms with E-state index in [1.54, 1.807) is 0 Å². The van der Waals surface area contributed by atoms with Gasteiger partial charge in [-0.3, -0.25) is 4.79 Å². The second-order valence-corrected chi connectivity index (χ2v) is 8.05. The summed E-state index contributed by atoms with van der Waals surface area (Å²) in [5.74, 6) is 2.77. The van der Waals surface area contributed by atoms with Gasteiger partial charge in [0.25, 0.3) is 0 Å². The monoisotopic (exact) mass is 319 g/mol. The lowest BCUT2D eigenvalue weighted by molar-refractivity contribution is -0.130. The molecule has 5 heteroatoms. The van der Waals surface area contributed by atoms with E-state index in [1.165, 1.54) is 25.7 Å². The Kier molecular flexibility index (Phi) is 4.20. The van der Waals surface area contributed by atoms with Crippen LogP contribution in [0.3, 0.4) is 0 Å². The van der Waals surface area contributed by atoms with Crippen molar-refractivity contribution in [3.8, 4) is 0 Å². The van der Waals surface area contributed by atoms with Gasteiger partial charge in [0.1, 0.15) is 0 Å². The van der Waals surface area contributed by atoms with Crippen molar-refractivity contribution in [2.75, 3.05) is 26.2 Å². The third-order valence-corrected chi connectivity index (χ3v) is 6.63. The molecule has 0 radical (unpaired) electrons. The molecular weight excluding hydrogens is 290 g/mol. The Morgan fingerprint density at radius 3 is 2.74 bits per heavy atom. The molecule has 4 aliphatic rings. The number of amides is 3. The largest absolute Gasteiger partial charge is 0.338 e. The molecule has 2 saturated carbocycles. The standard InChI is InChI=1S/C18H29N3O2/c22-17-4-2-8-21(17)16-3-1-7-20(12-16)18(23)19-11-15-10-13-5-6-14(15)9-13/h13-16H,1-12H2,(H,19,23)/t13-,14-,15-,16+/m0/s1. The van der Waals surface area contributed by atoms with Gasteiger partial charge in [-0.15, -0.1) is 0 Å². The van der Waals surface area contributed by atoms with Gasteiger partial charge in [-0.1, -0.05) is 6.42 Å². The van der Waals surface area contributed by atoms with Gasteiger partial charge in [-0.2, -0.15) is 0 Å². The maximum atomic E-state index is 12.5. The molecule has 2 heterocycles. The van der Waals surface area contributed by atoms with Crippen molar-refractivity contribution in [2.24, 2.45) is 17.8 Å². The van der Waals surface area contributed by atoms with Crippen LogP contribution in [0.5, 0.6) is 0 Å². The first-order chi connectivity index (χ1) is 11.2. The summed E-state index contributed by atoms with van der Waals surface area (Å²) in [5.41, 5.74) is 0. The molecule has 2 saturated heterocycles. The molecule has 0 aromatic heterocycles. The highest BCUT2D eigenvalue weighted by molar-refractivity contribution is 5.79. The maximum Gasteiger partial charge on any atom is 0.317 e. The quantitative estimate of drug-likeness (QED) is 0.867. The number of hydrogen-bond acceptors (Lipinski definition) is 2. The molecule has 2 aliphatic heterocycles. The highest BCUT2D eigenvalue weighted by Gasteiger charge is 2.39. The van der Waals surface area contributed by atoms with Crippen molar-refractivity contribution < 1.29 is 9.59 Å². The van der Waals surface area contributed by atoms with E-state index < -0.39 is 0 Å². The predicted molar refractivity (Wildman–Crippen MR) is 87.9 cm³/mol. The van der Waals surface area contributed by atoms with Crippen molar-refractivity contribution in [2.45, 2.75) is 57.4 Å². The predicted octanol–water partition coefficient (Wildman–Crippen LogP) is 2.22. The van der Waals surface area contributed by atoms with Crippen LogP contribution >= 0.6 is 0 Å². The minimum Gasteiger partial charge on any atom is -0.338 e. The van der Waals surface area contributed by atoms with Gasteiger partial charge in [0.15, 0.2) is 0 Å². The zero-order valence-electron chi connectivity index (χ0n) is 14.0. The summed E-state index contributed by atoms with van der Waals surface area (Å²) in [5, 5.41) is 3.19. The summed E-state index contributed by atoms with van der Waals surface area (Å²) >= 11 is 0. The van der Waals surface area contributed by atoms with Crippen molar-refractivity contribution in [3.63, 3.8) is 0 Å². The molecular formula is C18H29N3O2. The Morgan fingerprint density at radius 1 is 1.13 bits per heavy atom. The summed E-state index contributed by atoms with van der Waals surface area (Å²) < 4.78 is 0. The Morgan fingerprint density at radius 2 is 2.04 bits per heavy atom. The normalized spacial score (nSPS) is 36.8. The van der Waals surface area contributed by atoms with Crippen LogP contribution < -0.4 is 5.32 Å². The molecule has 5 nitrogen and oxygen atoms in total. The summed E-state index contributed by atoms with van der Waals surface area (Å²) in [4.78, 5) is 28.4. The molecule has 23 heavy (non-hydrogen) atoms. The topological polar surface area (TPSA) is 52.7 Å². The number of urea groups is 1. The number of nitrogens with one attached hydrogen (secondary N) is 1. The summed E-state index contributed by atoms with van der Waals surface area (Å²) in [6.45, 7) is 3.28. The summed E-state index contributed by atoms with van der Waals surface area (Å²) in [7, 11) is 0. The number of likely N-dealkylation sites (tertiary alicyclic amines) is 2. The molecule has 0 unspecified atom stereocenters. The summed E-state index contributed by atoms with van der Waals surface area (Å²) in [6.07, 6.45) is 9.21. The van der Waals surface area contributed by atoms with Crippen LogP contribution in [0.1, 0.15) is 51.4 Å². The Bertz CT molecular complexity index is 481. The highest BCUT2D eigenvalue weighted by atomic mass is 16.2. The molecule has 0 spiro atoms. The van der Waals surface area contributed by atoms with E-state index in [1.807, 2.05) is 9.80 Å². The van der Waals surface area contributed by atoms with E-state index in [2.05, 4.69) is 5.32 Å². The fourth-order valence-electron chi connectivity index (χ4n) is 5.41. The Labute approximate surface area is 138 Å². The van der Waals surface area contributed by atoms with E-state index in [-0.39, 0.29) is 18.0 Å². The van der Waals surface area contributed by atoms with E-state index >= 15 is 0 Å². The first-order valence-electron chi connectivity index (χ1n) is 9.53. The van der Waals surface area contributed by atoms with Gasteiger partial charge in [0.05, 0.1) is 0 Å². The number of fused-ring (bicyclic) bond motifs is 2. The average Bonchev–Trinajstić information content (AvgIpc) is 3.29. The van der Waals surface area contributed by atoms with Crippen molar-refractivity contribution >= 4 is 11.9 Å². The number of carbonyl (C=O) groups is 2. The van der Waals surface area contributed by atoms with Crippen LogP contribution in [-0.2, 0) is 4.79 Å². The molecule has 4 fully saturated rings. The fraction of sp³-hybridized carbons (Fsp3) is 0.889. The minimum absolute atomic E-state index is 0.0871. The SMILES string of the molecule is O=C(NC[C@@H]1C[C@H]2CC[C@H]1C2)N1CCC[C@@H](N2CCCC2=O)C1. The van der Waals surface area contributed by atoms with Crippen LogP contribution in [0.4, 0.5) is 4.79 Å². The smallest absolute Gasteiger partial charge is 0.317 e. The van der Waals surface area contributed by atoms with Crippen LogP contribution in [0.2, 0.25) is 0 Å². The van der Waals surface area contributed by atoms with Crippen molar-refractivity contribution in [1.82, 2.24) is 15.1 Å². The third kappa shape index (κ3) is 3.07. The van der Waals surface area contributed by atoms with Crippen LogP contribution in [0.25, 0.3) is 0 Å². The minimum atomic E-state index is 0.0871. The van der Waals surface area contributed by atoms with Gasteiger partial charge in [0, 0.05) is 38.6 Å². The van der Waals surface area contributed by atoms with Gasteiger partial charge in [-0.05, 0) is 56.3 Å². The number of carbonyl (C=O) groups excluding carboxylic acids is 2. The highest BCUT2D eigenvalue weighted by Crippen LogP contribution is 2.47. The van der Waals surface area contributed by atoms with Gasteiger partial charge in [-0.25, -0.2) is 4.79 Å². The summed E-state index contributed by atoms with van der Waals surface area (Å²) in [6, 6.07) is 0.330. The van der Waals surface area contributed by atoms with E-state index in [9.17, 15) is 9.59 Å². The van der Waals surface area contributed by atoms with Gasteiger partial charge < -0.3 is 15.1 Å². The Hall–Kier alpha value is -1.26. The molecule has 1 N–H and O–H groups in total. The van der Waals surface area contributed by atoms with Gasteiger partial charge in [0.2, 0.25) is 5.91 Å². The molecule has 3 amide bonds. The second-order valence-electron chi connectivity index (χ2n) is 8.05. The first-order valence-corrected chi connectivity index (χ1v) is 9.53. The number of rotatable bonds is 3. The molecule has 4 rings (SSSR count). The Balaban J connectivity index is 1.27. The zero-order valence-corrected chi connectivity index (χ0v) is 14.0. The van der Waals surface area contributed by atoms with Crippen molar-refractivity contribution in [1.29, 1.82) is 0 Å². The van der Waals surface area contributed by atoms with Crippen molar-refractivity contribution in [3.05, 3.63) is 0 Å². The van der Waals surface area contributed by atoms with Crippen LogP contribution in [-0.4, -0.2) is 54.0 Å². The average molecular weight is 319 g/mol. The molecule has 2 aliphatic carbocycles. The van der Waals surface area contributed by atoms with E-state index in [0.717, 1.165) is 50.7 Å². The number of hydrogen-bond donors (Lipinski definition) is 1. The van der Waals surface area contributed by atoms with E-state index in [0.29, 0.717) is 18.9 Å². The maximum absolute atomic E-state index is 12.5. The van der Waals surface area contributed by atoms with Crippen LogP contribution in [0, 0.1) is 17.8 Å². The molecule has 2 bridgehead atoms. The lowest BCUT2D eigenvalue weighted by Crippen LogP contribution is -2.53. The van der Waals surface area contributed by atoms with Gasteiger partial charge >= 0.3 is 6.03 Å².